The average molecular weight is 348 g/mol. The van der Waals surface area contributed by atoms with Crippen LogP contribution in [0.2, 0.25) is 0 Å². The van der Waals surface area contributed by atoms with Crippen LogP contribution in [0, 0.1) is 0 Å². The molecule has 1 aliphatic carbocycles. The van der Waals surface area contributed by atoms with E-state index < -0.39 is 0 Å². The van der Waals surface area contributed by atoms with E-state index in [2.05, 4.69) is 52.8 Å². The number of nitrogens with zero attached hydrogens (tertiary/aromatic N) is 1. The molecule has 134 valence electrons. The van der Waals surface area contributed by atoms with Crippen molar-refractivity contribution in [2.45, 2.75) is 32.1 Å². The molecule has 1 aromatic carbocycles. The molecule has 4 heteroatoms. The summed E-state index contributed by atoms with van der Waals surface area (Å²) < 4.78 is 11.6. The highest BCUT2D eigenvalue weighted by Crippen LogP contribution is 2.26. The minimum Gasteiger partial charge on any atom is -0.462 e. The lowest BCUT2D eigenvalue weighted by Gasteiger charge is -2.19. The Kier molecular flexibility index (Phi) is 5.19. The van der Waals surface area contributed by atoms with Crippen LogP contribution >= 0.6 is 0 Å². The highest BCUT2D eigenvalue weighted by molar-refractivity contribution is 6.00. The number of allylic oxidation sites excluding steroid dienone is 5. The van der Waals surface area contributed by atoms with Crippen molar-refractivity contribution in [1.29, 1.82) is 0 Å². The van der Waals surface area contributed by atoms with E-state index in [1.165, 1.54) is 16.7 Å². The molecule has 3 aliphatic rings. The summed E-state index contributed by atoms with van der Waals surface area (Å²) in [6.07, 6.45) is 14.6. The Labute approximate surface area is 154 Å². The van der Waals surface area contributed by atoms with Crippen LogP contribution < -0.4 is 5.32 Å². The van der Waals surface area contributed by atoms with E-state index in [0.29, 0.717) is 0 Å². The smallest absolute Gasteiger partial charge is 0.164 e. The van der Waals surface area contributed by atoms with Gasteiger partial charge in [0.15, 0.2) is 5.76 Å². The van der Waals surface area contributed by atoms with Crippen LogP contribution in [-0.4, -0.2) is 18.9 Å². The third kappa shape index (κ3) is 3.90. The van der Waals surface area contributed by atoms with Crippen molar-refractivity contribution in [3.05, 3.63) is 83.2 Å². The lowest BCUT2D eigenvalue weighted by Crippen LogP contribution is -2.31. The van der Waals surface area contributed by atoms with Crippen molar-refractivity contribution in [2.75, 3.05) is 13.1 Å². The number of hydrogen-bond donors (Lipinski definition) is 1. The van der Waals surface area contributed by atoms with Crippen LogP contribution in [0.25, 0.3) is 0 Å². The lowest BCUT2D eigenvalue weighted by molar-refractivity contribution is 0.225. The summed E-state index contributed by atoms with van der Waals surface area (Å²) in [5.41, 5.74) is 3.66. The number of ether oxygens (including phenoxy) is 2. The van der Waals surface area contributed by atoms with E-state index in [0.717, 1.165) is 62.5 Å². The number of rotatable bonds is 5. The van der Waals surface area contributed by atoms with Crippen LogP contribution in [0.5, 0.6) is 0 Å². The van der Waals surface area contributed by atoms with E-state index in [9.17, 15) is 0 Å². The Bertz CT molecular complexity index is 815. The molecule has 0 aromatic heterocycles. The molecule has 0 atom stereocenters. The molecule has 2 aliphatic heterocycles. The van der Waals surface area contributed by atoms with Crippen LogP contribution in [0.1, 0.15) is 36.8 Å². The van der Waals surface area contributed by atoms with Gasteiger partial charge in [-0.25, -0.2) is 0 Å². The fourth-order valence-corrected chi connectivity index (χ4v) is 3.33. The van der Waals surface area contributed by atoms with Gasteiger partial charge in [0, 0.05) is 25.1 Å². The number of benzene rings is 1. The highest BCUT2D eigenvalue weighted by Gasteiger charge is 2.15. The average Bonchev–Trinajstić information content (AvgIpc) is 2.74. The predicted octanol–water partition coefficient (Wildman–Crippen LogP) is 4.37. The van der Waals surface area contributed by atoms with Crippen molar-refractivity contribution in [3.8, 4) is 0 Å². The molecule has 2 heterocycles. The van der Waals surface area contributed by atoms with Gasteiger partial charge in [0.05, 0.1) is 0 Å². The van der Waals surface area contributed by atoms with Gasteiger partial charge in [0.1, 0.15) is 24.1 Å². The minimum atomic E-state index is 0.799. The topological polar surface area (TPSA) is 42.8 Å². The molecule has 0 fully saturated rings. The van der Waals surface area contributed by atoms with Gasteiger partial charge in [-0.15, -0.1) is 0 Å². The highest BCUT2D eigenvalue weighted by atomic mass is 16.5. The Balaban J connectivity index is 1.38. The third-order valence-corrected chi connectivity index (χ3v) is 4.78. The largest absolute Gasteiger partial charge is 0.462 e. The monoisotopic (exact) mass is 348 g/mol. The Morgan fingerprint density at radius 3 is 2.81 bits per heavy atom. The van der Waals surface area contributed by atoms with Crippen LogP contribution in [0.15, 0.2) is 77.1 Å². The van der Waals surface area contributed by atoms with E-state index in [1.807, 2.05) is 0 Å². The summed E-state index contributed by atoms with van der Waals surface area (Å²) in [7, 11) is 0. The molecule has 0 unspecified atom stereocenters. The Hall–Kier alpha value is -2.75. The summed E-state index contributed by atoms with van der Waals surface area (Å²) in [5, 5.41) is 3.41. The number of aliphatic imine (C=N–C) groups is 1. The summed E-state index contributed by atoms with van der Waals surface area (Å²) in [4.78, 5) is 4.63. The Morgan fingerprint density at radius 2 is 2.04 bits per heavy atom. The van der Waals surface area contributed by atoms with E-state index >= 15 is 0 Å². The third-order valence-electron chi connectivity index (χ3n) is 4.78. The van der Waals surface area contributed by atoms with Crippen LogP contribution in [0.4, 0.5) is 0 Å². The van der Waals surface area contributed by atoms with Crippen molar-refractivity contribution < 1.29 is 9.47 Å². The van der Waals surface area contributed by atoms with Crippen LogP contribution in [-0.2, 0) is 15.9 Å². The molecule has 0 saturated carbocycles. The maximum Gasteiger partial charge on any atom is 0.164 e. The van der Waals surface area contributed by atoms with Gasteiger partial charge in [-0.3, -0.25) is 4.99 Å². The van der Waals surface area contributed by atoms with Gasteiger partial charge in [-0.1, -0.05) is 42.5 Å². The second-order valence-electron chi connectivity index (χ2n) is 6.63. The molecule has 0 amide bonds. The summed E-state index contributed by atoms with van der Waals surface area (Å²) >= 11 is 0. The second kappa shape index (κ2) is 8.09. The molecule has 4 nitrogen and oxygen atoms in total. The van der Waals surface area contributed by atoms with Gasteiger partial charge in [0.2, 0.25) is 0 Å². The number of hydrogen-bond acceptors (Lipinski definition) is 4. The van der Waals surface area contributed by atoms with Gasteiger partial charge in [-0.2, -0.15) is 0 Å². The molecule has 1 aromatic rings. The lowest BCUT2D eigenvalue weighted by atomic mass is 10.0. The van der Waals surface area contributed by atoms with Gasteiger partial charge < -0.3 is 14.8 Å². The van der Waals surface area contributed by atoms with E-state index in [1.54, 1.807) is 12.5 Å². The molecular formula is C22H24N2O2. The normalized spacial score (nSPS) is 19.2. The zero-order chi connectivity index (χ0) is 17.6. The van der Waals surface area contributed by atoms with E-state index in [4.69, 9.17) is 9.47 Å². The first kappa shape index (κ1) is 16.7. The molecule has 0 bridgehead atoms. The maximum absolute atomic E-state index is 5.81. The molecule has 4 rings (SSSR count). The van der Waals surface area contributed by atoms with Crippen molar-refractivity contribution in [1.82, 2.24) is 5.32 Å². The Morgan fingerprint density at radius 1 is 1.08 bits per heavy atom. The predicted molar refractivity (Wildman–Crippen MR) is 104 cm³/mol. The molecular weight excluding hydrogens is 324 g/mol. The number of aryl methyl sites for hydroxylation is 1. The maximum atomic E-state index is 5.81. The fourth-order valence-electron chi connectivity index (χ4n) is 3.33. The second-order valence-corrected chi connectivity index (χ2v) is 6.63. The molecule has 0 radical (unpaired) electrons. The van der Waals surface area contributed by atoms with Gasteiger partial charge in [0.25, 0.3) is 0 Å². The van der Waals surface area contributed by atoms with Crippen molar-refractivity contribution in [2.24, 2.45) is 4.99 Å². The van der Waals surface area contributed by atoms with Crippen molar-refractivity contribution in [3.63, 3.8) is 0 Å². The van der Waals surface area contributed by atoms with Gasteiger partial charge in [-0.05, 0) is 36.8 Å². The van der Waals surface area contributed by atoms with Crippen molar-refractivity contribution >= 4 is 5.84 Å². The molecule has 26 heavy (non-hydrogen) atoms. The number of amidine groups is 1. The van der Waals surface area contributed by atoms with E-state index in [-0.39, 0.29) is 0 Å². The first-order chi connectivity index (χ1) is 12.9. The van der Waals surface area contributed by atoms with Crippen LogP contribution in [0.3, 0.4) is 0 Å². The first-order valence-corrected chi connectivity index (χ1v) is 9.35. The zero-order valence-corrected chi connectivity index (χ0v) is 14.9. The summed E-state index contributed by atoms with van der Waals surface area (Å²) in [6, 6.07) is 8.45. The van der Waals surface area contributed by atoms with Gasteiger partial charge >= 0.3 is 0 Å². The zero-order valence-electron chi connectivity index (χ0n) is 14.9. The summed E-state index contributed by atoms with van der Waals surface area (Å²) in [6.45, 7) is 1.89. The standard InChI is InChI=1S/C22H24N2O2/c1-2-8-18(9-3-1)21-16-25-19(15-26-21)12-11-17-7-4-5-10-20(17)22-23-13-6-14-24-22/h1-2,4-5,7-8,10,15-16H,3,6,9,11-14H2,(H,23,24). The quantitative estimate of drug-likeness (QED) is 0.859. The molecule has 0 saturated heterocycles. The molecule has 0 spiro atoms. The first-order valence-electron chi connectivity index (χ1n) is 9.35. The number of nitrogens with one attached hydrogen (secondary N) is 1. The fraction of sp³-hybridized carbons (Fsp3) is 0.318. The minimum absolute atomic E-state index is 0.799. The summed E-state index contributed by atoms with van der Waals surface area (Å²) in [5.74, 6) is 2.69. The SMILES string of the molecule is C1=CCCC(C2=COC(CCc3ccccc3C3=NCCCN3)=CO2)=C1. The molecule has 1 N–H and O–H groups in total.